The van der Waals surface area contributed by atoms with Crippen LogP contribution in [-0.2, 0) is 6.61 Å². The Morgan fingerprint density at radius 1 is 1.33 bits per heavy atom. The zero-order valence-electron chi connectivity index (χ0n) is 10.2. The molecule has 1 atom stereocenters. The molecule has 0 amide bonds. The second kappa shape index (κ2) is 5.62. The van der Waals surface area contributed by atoms with Crippen molar-refractivity contribution in [2.24, 2.45) is 5.73 Å². The van der Waals surface area contributed by atoms with Crippen LogP contribution in [0.2, 0.25) is 0 Å². The topological polar surface area (TPSA) is 68.4 Å². The normalized spacial score (nSPS) is 12.2. The molecular formula is C14H16N2O2. The molecule has 0 bridgehead atoms. The van der Waals surface area contributed by atoms with E-state index >= 15 is 0 Å². The van der Waals surface area contributed by atoms with Gasteiger partial charge in [0.15, 0.2) is 0 Å². The number of para-hydroxylation sites is 1. The fourth-order valence-electron chi connectivity index (χ4n) is 1.61. The second-order valence-corrected chi connectivity index (χ2v) is 4.08. The van der Waals surface area contributed by atoms with Gasteiger partial charge >= 0.3 is 0 Å². The lowest BCUT2D eigenvalue weighted by Gasteiger charge is -2.10. The van der Waals surface area contributed by atoms with E-state index in [1.807, 2.05) is 31.2 Å². The number of aliphatic hydroxyl groups is 1. The van der Waals surface area contributed by atoms with Crippen LogP contribution in [0.1, 0.15) is 24.1 Å². The number of aliphatic hydroxyl groups excluding tert-OH is 1. The predicted octanol–water partition coefficient (Wildman–Crippen LogP) is 2.39. The summed E-state index contributed by atoms with van der Waals surface area (Å²) in [7, 11) is 0. The molecule has 94 valence electrons. The first-order valence-electron chi connectivity index (χ1n) is 5.79. The lowest BCUT2D eigenvalue weighted by Crippen LogP contribution is -2.05. The molecule has 0 fully saturated rings. The lowest BCUT2D eigenvalue weighted by molar-refractivity contribution is 0.276. The molecule has 1 aromatic carbocycles. The van der Waals surface area contributed by atoms with Crippen molar-refractivity contribution in [2.45, 2.75) is 19.6 Å². The van der Waals surface area contributed by atoms with Crippen LogP contribution in [0.5, 0.6) is 11.6 Å². The first-order chi connectivity index (χ1) is 8.70. The highest BCUT2D eigenvalue weighted by Gasteiger charge is 2.06. The number of nitrogens with two attached hydrogens (primary N) is 1. The van der Waals surface area contributed by atoms with Crippen LogP contribution in [0.15, 0.2) is 42.6 Å². The van der Waals surface area contributed by atoms with Crippen molar-refractivity contribution in [1.82, 2.24) is 4.98 Å². The van der Waals surface area contributed by atoms with Gasteiger partial charge < -0.3 is 15.6 Å². The van der Waals surface area contributed by atoms with Gasteiger partial charge in [-0.05, 0) is 24.6 Å². The van der Waals surface area contributed by atoms with Crippen molar-refractivity contribution in [3.63, 3.8) is 0 Å². The summed E-state index contributed by atoms with van der Waals surface area (Å²) in [4.78, 5) is 4.13. The van der Waals surface area contributed by atoms with Crippen molar-refractivity contribution in [2.75, 3.05) is 0 Å². The average Bonchev–Trinajstić information content (AvgIpc) is 2.39. The van der Waals surface area contributed by atoms with E-state index in [4.69, 9.17) is 10.5 Å². The highest BCUT2D eigenvalue weighted by molar-refractivity contribution is 5.36. The second-order valence-electron chi connectivity index (χ2n) is 4.08. The van der Waals surface area contributed by atoms with E-state index < -0.39 is 0 Å². The summed E-state index contributed by atoms with van der Waals surface area (Å²) < 4.78 is 5.66. The Balaban J connectivity index is 2.25. The van der Waals surface area contributed by atoms with Gasteiger partial charge in [-0.3, -0.25) is 0 Å². The SMILES string of the molecule is C[C@@H](N)c1ccnc(Oc2ccccc2CO)c1. The molecule has 0 aliphatic rings. The summed E-state index contributed by atoms with van der Waals surface area (Å²) in [5.41, 5.74) is 7.50. The maximum atomic E-state index is 9.22. The van der Waals surface area contributed by atoms with Gasteiger partial charge in [0.1, 0.15) is 5.75 Å². The number of nitrogens with zero attached hydrogens (tertiary/aromatic N) is 1. The molecule has 0 saturated carbocycles. The van der Waals surface area contributed by atoms with Crippen molar-refractivity contribution < 1.29 is 9.84 Å². The molecule has 0 radical (unpaired) electrons. The van der Waals surface area contributed by atoms with Crippen LogP contribution in [-0.4, -0.2) is 10.1 Å². The van der Waals surface area contributed by atoms with E-state index in [2.05, 4.69) is 4.98 Å². The highest BCUT2D eigenvalue weighted by atomic mass is 16.5. The largest absolute Gasteiger partial charge is 0.439 e. The monoisotopic (exact) mass is 244 g/mol. The van der Waals surface area contributed by atoms with Crippen LogP contribution < -0.4 is 10.5 Å². The van der Waals surface area contributed by atoms with Gasteiger partial charge in [-0.1, -0.05) is 18.2 Å². The van der Waals surface area contributed by atoms with E-state index in [-0.39, 0.29) is 12.6 Å². The van der Waals surface area contributed by atoms with E-state index in [1.165, 1.54) is 0 Å². The van der Waals surface area contributed by atoms with E-state index in [0.717, 1.165) is 11.1 Å². The molecule has 1 heterocycles. The zero-order valence-corrected chi connectivity index (χ0v) is 10.2. The molecule has 1 aromatic heterocycles. The van der Waals surface area contributed by atoms with Crippen LogP contribution in [0.4, 0.5) is 0 Å². The third kappa shape index (κ3) is 2.85. The number of aromatic nitrogens is 1. The van der Waals surface area contributed by atoms with Crippen LogP contribution in [0.3, 0.4) is 0 Å². The lowest BCUT2D eigenvalue weighted by atomic mass is 10.1. The van der Waals surface area contributed by atoms with Gasteiger partial charge in [-0.2, -0.15) is 0 Å². The highest BCUT2D eigenvalue weighted by Crippen LogP contribution is 2.25. The van der Waals surface area contributed by atoms with Gasteiger partial charge in [0, 0.05) is 23.9 Å². The van der Waals surface area contributed by atoms with Crippen molar-refractivity contribution in [3.8, 4) is 11.6 Å². The summed E-state index contributed by atoms with van der Waals surface area (Å²) in [5, 5.41) is 9.22. The van der Waals surface area contributed by atoms with Crippen LogP contribution in [0, 0.1) is 0 Å². The molecule has 18 heavy (non-hydrogen) atoms. The number of pyridine rings is 1. The quantitative estimate of drug-likeness (QED) is 0.866. The van der Waals surface area contributed by atoms with Crippen molar-refractivity contribution >= 4 is 0 Å². The summed E-state index contributed by atoms with van der Waals surface area (Å²) in [6, 6.07) is 10.9. The van der Waals surface area contributed by atoms with Crippen LogP contribution in [0.25, 0.3) is 0 Å². The Bertz CT molecular complexity index is 527. The zero-order chi connectivity index (χ0) is 13.0. The fraction of sp³-hybridized carbons (Fsp3) is 0.214. The summed E-state index contributed by atoms with van der Waals surface area (Å²) >= 11 is 0. The van der Waals surface area contributed by atoms with Gasteiger partial charge in [-0.15, -0.1) is 0 Å². The number of hydrogen-bond acceptors (Lipinski definition) is 4. The Morgan fingerprint density at radius 2 is 2.11 bits per heavy atom. The summed E-state index contributed by atoms with van der Waals surface area (Å²) in [6.07, 6.45) is 1.66. The predicted molar refractivity (Wildman–Crippen MR) is 69.3 cm³/mol. The maximum Gasteiger partial charge on any atom is 0.219 e. The number of hydrogen-bond donors (Lipinski definition) is 2. The molecule has 0 aliphatic heterocycles. The number of rotatable bonds is 4. The average molecular weight is 244 g/mol. The third-order valence-corrected chi connectivity index (χ3v) is 2.64. The molecular weight excluding hydrogens is 228 g/mol. The number of ether oxygens (including phenoxy) is 1. The van der Waals surface area contributed by atoms with E-state index in [1.54, 1.807) is 18.3 Å². The maximum absolute atomic E-state index is 9.22. The molecule has 0 saturated heterocycles. The standard InChI is InChI=1S/C14H16N2O2/c1-10(15)11-6-7-16-14(8-11)18-13-5-3-2-4-12(13)9-17/h2-8,10,17H,9,15H2,1H3/t10-/m1/s1. The van der Waals surface area contributed by atoms with Crippen molar-refractivity contribution in [1.29, 1.82) is 0 Å². The minimum atomic E-state index is -0.0663. The number of benzene rings is 1. The fourth-order valence-corrected chi connectivity index (χ4v) is 1.61. The minimum Gasteiger partial charge on any atom is -0.439 e. The van der Waals surface area contributed by atoms with Crippen molar-refractivity contribution in [3.05, 3.63) is 53.7 Å². The third-order valence-electron chi connectivity index (χ3n) is 2.64. The molecule has 4 heteroatoms. The van der Waals surface area contributed by atoms with Gasteiger partial charge in [0.05, 0.1) is 6.61 Å². The molecule has 4 nitrogen and oxygen atoms in total. The molecule has 2 aromatic rings. The Hall–Kier alpha value is -1.91. The Morgan fingerprint density at radius 3 is 2.83 bits per heavy atom. The van der Waals surface area contributed by atoms with Crippen LogP contribution >= 0.6 is 0 Å². The first-order valence-corrected chi connectivity index (χ1v) is 5.79. The van der Waals surface area contributed by atoms with E-state index in [9.17, 15) is 5.11 Å². The molecule has 3 N–H and O–H groups in total. The molecule has 0 spiro atoms. The molecule has 2 rings (SSSR count). The first kappa shape index (κ1) is 12.5. The van der Waals surface area contributed by atoms with Gasteiger partial charge in [0.25, 0.3) is 0 Å². The smallest absolute Gasteiger partial charge is 0.219 e. The van der Waals surface area contributed by atoms with E-state index in [0.29, 0.717) is 11.6 Å². The minimum absolute atomic E-state index is 0.0663. The Labute approximate surface area is 106 Å². The summed E-state index contributed by atoms with van der Waals surface area (Å²) in [5.74, 6) is 1.08. The Kier molecular flexibility index (Phi) is 3.92. The molecule has 0 unspecified atom stereocenters. The van der Waals surface area contributed by atoms with Gasteiger partial charge in [-0.25, -0.2) is 4.98 Å². The van der Waals surface area contributed by atoms with Gasteiger partial charge in [0.2, 0.25) is 5.88 Å². The summed E-state index contributed by atoms with van der Waals surface area (Å²) in [6.45, 7) is 1.84. The molecule has 0 aliphatic carbocycles.